The van der Waals surface area contributed by atoms with Crippen LogP contribution in [0.1, 0.15) is 18.1 Å². The Morgan fingerprint density at radius 1 is 0.700 bits per heavy atom. The molecule has 0 spiro atoms. The molecular formula is C32H25BrN2O5. The van der Waals surface area contributed by atoms with E-state index in [9.17, 15) is 14.4 Å². The van der Waals surface area contributed by atoms with Crippen LogP contribution in [0.5, 0.6) is 11.5 Å². The lowest BCUT2D eigenvalue weighted by Gasteiger charge is -2.33. The van der Waals surface area contributed by atoms with Gasteiger partial charge in [0, 0.05) is 4.47 Å². The maximum atomic E-state index is 13.6. The van der Waals surface area contributed by atoms with Gasteiger partial charge in [0.05, 0.1) is 18.0 Å². The Morgan fingerprint density at radius 3 is 1.82 bits per heavy atom. The highest BCUT2D eigenvalue weighted by Crippen LogP contribution is 2.33. The first-order valence-corrected chi connectivity index (χ1v) is 13.4. The smallest absolute Gasteiger partial charge is 0.343 e. The number of hydrogen-bond donors (Lipinski definition) is 0. The third-order valence-corrected chi connectivity index (χ3v) is 6.69. The Bertz CT molecular complexity index is 1510. The number of imide groups is 2. The van der Waals surface area contributed by atoms with Crippen molar-refractivity contribution in [2.45, 2.75) is 13.5 Å². The predicted molar refractivity (Wildman–Crippen MR) is 157 cm³/mol. The molecule has 4 aromatic carbocycles. The van der Waals surface area contributed by atoms with Crippen molar-refractivity contribution >= 4 is 51.2 Å². The molecule has 0 unspecified atom stereocenters. The van der Waals surface area contributed by atoms with Gasteiger partial charge in [0.25, 0.3) is 11.8 Å². The number of carbonyl (C=O) groups is 3. The van der Waals surface area contributed by atoms with E-state index in [1.165, 1.54) is 6.08 Å². The molecule has 200 valence electrons. The van der Waals surface area contributed by atoms with Gasteiger partial charge in [-0.25, -0.2) is 14.6 Å². The van der Waals surface area contributed by atoms with Gasteiger partial charge < -0.3 is 9.47 Å². The number of rotatable bonds is 8. The van der Waals surface area contributed by atoms with Gasteiger partial charge in [0.15, 0.2) is 11.5 Å². The summed E-state index contributed by atoms with van der Waals surface area (Å²) in [4.78, 5) is 42.7. The van der Waals surface area contributed by atoms with Crippen LogP contribution in [-0.4, -0.2) is 24.5 Å². The largest absolute Gasteiger partial charge is 0.490 e. The number of nitrogens with zero attached hydrogens (tertiary/aromatic N) is 2. The molecule has 0 aliphatic carbocycles. The fourth-order valence-electron chi connectivity index (χ4n) is 4.25. The van der Waals surface area contributed by atoms with Crippen LogP contribution in [0.2, 0.25) is 0 Å². The highest BCUT2D eigenvalue weighted by atomic mass is 79.9. The molecule has 0 saturated carbocycles. The summed E-state index contributed by atoms with van der Waals surface area (Å²) in [5.74, 6) is -0.412. The average molecular weight is 597 g/mol. The Labute approximate surface area is 240 Å². The van der Waals surface area contributed by atoms with E-state index < -0.39 is 17.8 Å². The number of benzene rings is 4. The lowest BCUT2D eigenvalue weighted by atomic mass is 10.0. The molecule has 1 saturated heterocycles. The Kier molecular flexibility index (Phi) is 8.07. The van der Waals surface area contributed by atoms with Crippen LogP contribution in [0.25, 0.3) is 6.08 Å². The molecule has 0 bridgehead atoms. The third kappa shape index (κ3) is 5.67. The summed E-state index contributed by atoms with van der Waals surface area (Å²) < 4.78 is 12.8. The molecule has 1 fully saturated rings. The molecule has 7 nitrogen and oxygen atoms in total. The van der Waals surface area contributed by atoms with E-state index in [0.29, 0.717) is 41.7 Å². The highest BCUT2D eigenvalue weighted by Gasteiger charge is 2.43. The quantitative estimate of drug-likeness (QED) is 0.161. The second-order valence-electron chi connectivity index (χ2n) is 8.85. The van der Waals surface area contributed by atoms with Crippen LogP contribution in [0.3, 0.4) is 0 Å². The summed E-state index contributed by atoms with van der Waals surface area (Å²) in [6.07, 6.45) is 1.48. The molecule has 8 heteroatoms. The number of anilines is 2. The van der Waals surface area contributed by atoms with Gasteiger partial charge in [0.1, 0.15) is 12.2 Å². The molecule has 0 radical (unpaired) electrons. The molecule has 0 atom stereocenters. The molecular weight excluding hydrogens is 572 g/mol. The summed E-state index contributed by atoms with van der Waals surface area (Å²) in [6.45, 7) is 2.59. The fraction of sp³-hybridized carbons (Fsp3) is 0.0938. The number of carbonyl (C=O) groups excluding carboxylic acids is 3. The lowest BCUT2D eigenvalue weighted by molar-refractivity contribution is -0.121. The first kappa shape index (κ1) is 26.9. The van der Waals surface area contributed by atoms with Crippen molar-refractivity contribution in [3.63, 3.8) is 0 Å². The van der Waals surface area contributed by atoms with Crippen molar-refractivity contribution < 1.29 is 23.9 Å². The number of hydrogen-bond acceptors (Lipinski definition) is 5. The molecule has 4 amide bonds. The van der Waals surface area contributed by atoms with E-state index in [1.807, 2.05) is 31.2 Å². The summed E-state index contributed by atoms with van der Waals surface area (Å²) in [7, 11) is 0. The standard InChI is InChI=1S/C32H25BrN2O5/c1-2-39-29-20-23(15-18-28(29)40-21-22-13-16-24(33)17-14-22)19-27-30(36)34(25-9-5-3-6-10-25)32(38)35(31(27)37)26-11-7-4-8-12-26/h3-20H,2,21H2,1H3. The normalized spacial score (nSPS) is 13.4. The van der Waals surface area contributed by atoms with Gasteiger partial charge in [0.2, 0.25) is 0 Å². The van der Waals surface area contributed by atoms with Crippen LogP contribution in [0.4, 0.5) is 16.2 Å². The van der Waals surface area contributed by atoms with Gasteiger partial charge in [-0.15, -0.1) is 0 Å². The molecule has 1 heterocycles. The number of ether oxygens (including phenoxy) is 2. The summed E-state index contributed by atoms with van der Waals surface area (Å²) in [5.41, 5.74) is 2.11. The summed E-state index contributed by atoms with van der Waals surface area (Å²) >= 11 is 3.43. The van der Waals surface area contributed by atoms with Crippen LogP contribution in [-0.2, 0) is 16.2 Å². The van der Waals surface area contributed by atoms with E-state index in [1.54, 1.807) is 78.9 Å². The molecule has 40 heavy (non-hydrogen) atoms. The molecule has 0 aromatic heterocycles. The van der Waals surface area contributed by atoms with Crippen LogP contribution >= 0.6 is 15.9 Å². The fourth-order valence-corrected chi connectivity index (χ4v) is 4.51. The minimum Gasteiger partial charge on any atom is -0.490 e. The molecule has 4 aromatic rings. The monoisotopic (exact) mass is 596 g/mol. The zero-order chi connectivity index (χ0) is 28.1. The van der Waals surface area contributed by atoms with Gasteiger partial charge in [-0.3, -0.25) is 9.59 Å². The number of barbiturate groups is 1. The van der Waals surface area contributed by atoms with E-state index in [0.717, 1.165) is 19.8 Å². The average Bonchev–Trinajstić information content (AvgIpc) is 2.97. The minimum atomic E-state index is -0.740. The van der Waals surface area contributed by atoms with E-state index in [4.69, 9.17) is 9.47 Å². The SMILES string of the molecule is CCOc1cc(C=C2C(=O)N(c3ccccc3)C(=O)N(c3ccccc3)C2=O)ccc1OCc1ccc(Br)cc1. The van der Waals surface area contributed by atoms with Gasteiger partial charge in [-0.05, 0) is 72.7 Å². The van der Waals surface area contributed by atoms with Gasteiger partial charge in [-0.1, -0.05) is 70.5 Å². The molecule has 5 rings (SSSR count). The Balaban J connectivity index is 1.51. The van der Waals surface area contributed by atoms with Gasteiger partial charge >= 0.3 is 6.03 Å². The topological polar surface area (TPSA) is 76.2 Å². The number of amides is 4. The zero-order valence-corrected chi connectivity index (χ0v) is 23.2. The lowest BCUT2D eigenvalue weighted by Crippen LogP contribution is -2.57. The van der Waals surface area contributed by atoms with Crippen LogP contribution in [0, 0.1) is 0 Å². The maximum absolute atomic E-state index is 13.6. The maximum Gasteiger partial charge on any atom is 0.343 e. The van der Waals surface area contributed by atoms with E-state index in [-0.39, 0.29) is 5.57 Å². The predicted octanol–water partition coefficient (Wildman–Crippen LogP) is 7.01. The first-order chi connectivity index (χ1) is 19.5. The summed E-state index contributed by atoms with van der Waals surface area (Å²) in [5, 5.41) is 0. The number of para-hydroxylation sites is 2. The number of urea groups is 1. The summed E-state index contributed by atoms with van der Waals surface area (Å²) in [6, 6.07) is 29.3. The minimum absolute atomic E-state index is 0.154. The van der Waals surface area contributed by atoms with E-state index in [2.05, 4.69) is 15.9 Å². The van der Waals surface area contributed by atoms with Crippen molar-refractivity contribution in [2.75, 3.05) is 16.4 Å². The molecule has 1 aliphatic rings. The van der Waals surface area contributed by atoms with Crippen LogP contribution < -0.4 is 19.3 Å². The molecule has 0 N–H and O–H groups in total. The van der Waals surface area contributed by atoms with Crippen LogP contribution in [0.15, 0.2) is 113 Å². The van der Waals surface area contributed by atoms with Crippen molar-refractivity contribution in [1.82, 2.24) is 0 Å². The third-order valence-electron chi connectivity index (χ3n) is 6.16. The Hall–Kier alpha value is -4.69. The first-order valence-electron chi connectivity index (χ1n) is 12.6. The van der Waals surface area contributed by atoms with Crippen molar-refractivity contribution in [3.05, 3.63) is 124 Å². The second-order valence-corrected chi connectivity index (χ2v) is 9.76. The van der Waals surface area contributed by atoms with Crippen molar-refractivity contribution in [3.8, 4) is 11.5 Å². The Morgan fingerprint density at radius 2 is 1.27 bits per heavy atom. The zero-order valence-electron chi connectivity index (χ0n) is 21.6. The van der Waals surface area contributed by atoms with Crippen molar-refractivity contribution in [2.24, 2.45) is 0 Å². The van der Waals surface area contributed by atoms with E-state index >= 15 is 0 Å². The van der Waals surface area contributed by atoms with Crippen molar-refractivity contribution in [1.29, 1.82) is 0 Å². The van der Waals surface area contributed by atoms with Gasteiger partial charge in [-0.2, -0.15) is 0 Å². The number of halogens is 1. The highest BCUT2D eigenvalue weighted by molar-refractivity contribution is 9.10. The molecule has 1 aliphatic heterocycles. The second kappa shape index (κ2) is 12.0.